The van der Waals surface area contributed by atoms with Crippen molar-refractivity contribution in [3.63, 3.8) is 0 Å². The van der Waals surface area contributed by atoms with Crippen LogP contribution >= 0.6 is 0 Å². The van der Waals surface area contributed by atoms with Crippen molar-refractivity contribution in [2.45, 2.75) is 25.8 Å². The van der Waals surface area contributed by atoms with Crippen LogP contribution in [0.25, 0.3) is 10.9 Å². The van der Waals surface area contributed by atoms with Crippen LogP contribution in [0.15, 0.2) is 29.1 Å². The molecule has 1 saturated heterocycles. The highest BCUT2D eigenvalue weighted by atomic mass is 32.2. The van der Waals surface area contributed by atoms with Gasteiger partial charge in [0.15, 0.2) is 9.84 Å². The lowest BCUT2D eigenvalue weighted by Gasteiger charge is -2.27. The molecule has 26 heavy (non-hydrogen) atoms. The van der Waals surface area contributed by atoms with Gasteiger partial charge in [-0.25, -0.2) is 18.2 Å². The summed E-state index contributed by atoms with van der Waals surface area (Å²) >= 11 is 0. The summed E-state index contributed by atoms with van der Waals surface area (Å²) in [5.74, 6) is 0.651. The zero-order chi connectivity index (χ0) is 18.7. The molecule has 0 unspecified atom stereocenters. The van der Waals surface area contributed by atoms with Crippen molar-refractivity contribution in [3.8, 4) is 0 Å². The number of rotatable bonds is 5. The van der Waals surface area contributed by atoms with Crippen LogP contribution in [0.5, 0.6) is 0 Å². The van der Waals surface area contributed by atoms with Gasteiger partial charge in [0.2, 0.25) is 0 Å². The maximum Gasteiger partial charge on any atom is 0.317 e. The highest BCUT2D eigenvalue weighted by molar-refractivity contribution is 7.91. The lowest BCUT2D eigenvalue weighted by atomic mass is 10.2. The molecule has 1 aliphatic heterocycles. The van der Waals surface area contributed by atoms with E-state index in [-0.39, 0.29) is 29.1 Å². The Morgan fingerprint density at radius 1 is 1.38 bits per heavy atom. The summed E-state index contributed by atoms with van der Waals surface area (Å²) in [6.07, 6.45) is 0.857. The molecule has 2 amide bonds. The van der Waals surface area contributed by atoms with Gasteiger partial charge >= 0.3 is 6.03 Å². The standard InChI is InChI=1S/C17H22N4O4S/c1-2-21(12-8-10-26(24,25)11-12)17(23)18-9-7-15-19-14-6-4-3-5-13(14)16(22)20-15/h3-6,12H,2,7-11H2,1H3,(H,18,23)(H,19,20,22)/t12-/m0/s1. The number of fused-ring (bicyclic) bond motifs is 1. The average molecular weight is 378 g/mol. The van der Waals surface area contributed by atoms with Crippen LogP contribution < -0.4 is 10.9 Å². The van der Waals surface area contributed by atoms with Gasteiger partial charge in [-0.15, -0.1) is 0 Å². The van der Waals surface area contributed by atoms with Crippen LogP contribution in [0.2, 0.25) is 0 Å². The number of sulfone groups is 1. The van der Waals surface area contributed by atoms with Crippen molar-refractivity contribution in [2.24, 2.45) is 0 Å². The fourth-order valence-corrected chi connectivity index (χ4v) is 4.96. The first kappa shape index (κ1) is 18.4. The van der Waals surface area contributed by atoms with Gasteiger partial charge in [-0.3, -0.25) is 4.79 Å². The molecule has 2 aromatic rings. The Bertz CT molecular complexity index is 970. The zero-order valence-electron chi connectivity index (χ0n) is 14.6. The number of benzene rings is 1. The average Bonchev–Trinajstić information content (AvgIpc) is 2.95. The molecule has 1 atom stereocenters. The predicted octanol–water partition coefficient (Wildman–Crippen LogP) is 0.684. The quantitative estimate of drug-likeness (QED) is 0.795. The van der Waals surface area contributed by atoms with Crippen LogP contribution in [0, 0.1) is 0 Å². The number of para-hydroxylation sites is 1. The Kier molecular flexibility index (Phi) is 5.26. The second-order valence-corrected chi connectivity index (χ2v) is 8.58. The molecule has 140 valence electrons. The number of hydrogen-bond donors (Lipinski definition) is 2. The molecule has 0 spiro atoms. The molecule has 8 nitrogen and oxygen atoms in total. The van der Waals surface area contributed by atoms with E-state index in [1.807, 2.05) is 13.0 Å². The molecule has 1 fully saturated rings. The number of carbonyl (C=O) groups is 1. The fourth-order valence-electron chi connectivity index (χ4n) is 3.23. The number of aromatic amines is 1. The highest BCUT2D eigenvalue weighted by Gasteiger charge is 2.33. The van der Waals surface area contributed by atoms with Crippen molar-refractivity contribution in [3.05, 3.63) is 40.4 Å². The number of amides is 2. The molecular formula is C17H22N4O4S. The van der Waals surface area contributed by atoms with Gasteiger partial charge in [0, 0.05) is 25.6 Å². The molecular weight excluding hydrogens is 356 g/mol. The summed E-state index contributed by atoms with van der Waals surface area (Å²) in [6, 6.07) is 6.51. The maximum atomic E-state index is 12.4. The minimum absolute atomic E-state index is 0.0216. The van der Waals surface area contributed by atoms with E-state index in [0.717, 1.165) is 0 Å². The lowest BCUT2D eigenvalue weighted by Crippen LogP contribution is -2.47. The van der Waals surface area contributed by atoms with E-state index in [9.17, 15) is 18.0 Å². The Morgan fingerprint density at radius 2 is 2.15 bits per heavy atom. The van der Waals surface area contributed by atoms with E-state index in [4.69, 9.17) is 0 Å². The van der Waals surface area contributed by atoms with Gasteiger partial charge < -0.3 is 15.2 Å². The summed E-state index contributed by atoms with van der Waals surface area (Å²) in [6.45, 7) is 2.57. The normalized spacial score (nSPS) is 18.7. The molecule has 0 radical (unpaired) electrons. The Balaban J connectivity index is 1.60. The maximum absolute atomic E-state index is 12.4. The number of nitrogens with zero attached hydrogens (tertiary/aromatic N) is 2. The minimum atomic E-state index is -3.04. The molecule has 0 saturated carbocycles. The number of hydrogen-bond acceptors (Lipinski definition) is 5. The van der Waals surface area contributed by atoms with Gasteiger partial charge in [0.25, 0.3) is 5.56 Å². The molecule has 2 N–H and O–H groups in total. The summed E-state index contributed by atoms with van der Waals surface area (Å²) in [4.78, 5) is 33.1. The van der Waals surface area contributed by atoms with Gasteiger partial charge in [-0.2, -0.15) is 0 Å². The number of H-pyrrole nitrogens is 1. The van der Waals surface area contributed by atoms with Crippen LogP contribution in [0.1, 0.15) is 19.2 Å². The molecule has 0 bridgehead atoms. The largest absolute Gasteiger partial charge is 0.338 e. The van der Waals surface area contributed by atoms with Crippen molar-refractivity contribution in [1.29, 1.82) is 0 Å². The molecule has 1 aromatic carbocycles. The molecule has 0 aliphatic carbocycles. The van der Waals surface area contributed by atoms with E-state index in [2.05, 4.69) is 15.3 Å². The van der Waals surface area contributed by atoms with E-state index in [1.54, 1.807) is 23.1 Å². The van der Waals surface area contributed by atoms with Crippen LogP contribution in [0.3, 0.4) is 0 Å². The SMILES string of the molecule is CCN(C(=O)NCCc1nc2ccccc2c(=O)[nH]1)[C@H]1CCS(=O)(=O)C1. The number of aromatic nitrogens is 2. The summed E-state index contributed by atoms with van der Waals surface area (Å²) in [5, 5.41) is 3.31. The first-order valence-electron chi connectivity index (χ1n) is 8.62. The summed E-state index contributed by atoms with van der Waals surface area (Å²) in [5.41, 5.74) is 0.409. The third-order valence-corrected chi connectivity index (χ3v) is 6.30. The number of nitrogens with one attached hydrogen (secondary N) is 2. The fraction of sp³-hybridized carbons (Fsp3) is 0.471. The molecule has 1 aromatic heterocycles. The molecule has 9 heteroatoms. The van der Waals surface area contributed by atoms with Crippen molar-refractivity contribution in [2.75, 3.05) is 24.6 Å². The number of urea groups is 1. The van der Waals surface area contributed by atoms with Gasteiger partial charge in [-0.1, -0.05) is 12.1 Å². The first-order chi connectivity index (χ1) is 12.4. The summed E-state index contributed by atoms with van der Waals surface area (Å²) in [7, 11) is -3.04. The van der Waals surface area contributed by atoms with Crippen molar-refractivity contribution < 1.29 is 13.2 Å². The summed E-state index contributed by atoms with van der Waals surface area (Å²) < 4.78 is 23.2. The van der Waals surface area contributed by atoms with Crippen LogP contribution in [-0.2, 0) is 16.3 Å². The Labute approximate surface area is 151 Å². The highest BCUT2D eigenvalue weighted by Crippen LogP contribution is 2.17. The Morgan fingerprint density at radius 3 is 2.85 bits per heavy atom. The lowest BCUT2D eigenvalue weighted by molar-refractivity contribution is 0.184. The molecule has 3 rings (SSSR count). The van der Waals surface area contributed by atoms with Crippen LogP contribution in [-0.4, -0.2) is 60.0 Å². The molecule has 1 aliphatic rings. The van der Waals surface area contributed by atoms with Crippen LogP contribution in [0.4, 0.5) is 4.79 Å². The second kappa shape index (κ2) is 7.45. The van der Waals surface area contributed by atoms with Gasteiger partial charge in [0.05, 0.1) is 22.4 Å². The molecule has 2 heterocycles. The minimum Gasteiger partial charge on any atom is -0.338 e. The smallest absolute Gasteiger partial charge is 0.317 e. The van der Waals surface area contributed by atoms with E-state index in [0.29, 0.717) is 42.7 Å². The third-order valence-electron chi connectivity index (χ3n) is 4.55. The van der Waals surface area contributed by atoms with Gasteiger partial charge in [0.1, 0.15) is 5.82 Å². The predicted molar refractivity (Wildman–Crippen MR) is 98.9 cm³/mol. The van der Waals surface area contributed by atoms with Crippen molar-refractivity contribution >= 4 is 26.8 Å². The van der Waals surface area contributed by atoms with E-state index >= 15 is 0 Å². The zero-order valence-corrected chi connectivity index (χ0v) is 15.4. The third kappa shape index (κ3) is 4.04. The topological polar surface area (TPSA) is 112 Å². The first-order valence-corrected chi connectivity index (χ1v) is 10.4. The van der Waals surface area contributed by atoms with Gasteiger partial charge in [-0.05, 0) is 25.5 Å². The number of carbonyl (C=O) groups excluding carboxylic acids is 1. The van der Waals surface area contributed by atoms with E-state index < -0.39 is 9.84 Å². The van der Waals surface area contributed by atoms with E-state index in [1.165, 1.54) is 0 Å². The second-order valence-electron chi connectivity index (χ2n) is 6.35. The van der Waals surface area contributed by atoms with Crippen molar-refractivity contribution in [1.82, 2.24) is 20.2 Å². The Hall–Kier alpha value is -2.42. The monoisotopic (exact) mass is 378 g/mol.